The van der Waals surface area contributed by atoms with Crippen molar-refractivity contribution in [2.75, 3.05) is 67.8 Å². The molecule has 9 amide bonds. The fourth-order valence-electron chi connectivity index (χ4n) is 11.2. The first-order valence-electron chi connectivity index (χ1n) is 36.7. The van der Waals surface area contributed by atoms with Crippen LogP contribution in [0.4, 0.5) is 33.6 Å². The lowest BCUT2D eigenvalue weighted by atomic mass is 10.1. The van der Waals surface area contributed by atoms with Gasteiger partial charge < -0.3 is 77.7 Å². The normalized spacial score (nSPS) is 18.4. The standard InChI is InChI=1S/C23H30N2O9.C19H26N2O6.C14H18N2O4.C14H17NO5.C9H15NO5/c1-6-32-20(28)18(26)25(22(30)34-23(2,3)4)16-12-17(19(27)31-5)24(13-16)21(29)33-14-15-10-8-7-9-11-15;1-19(2,3)27-17(23)20-14-10-15(16(22)25-4)21(11-14)18(24)26-12-13-8-6-5-7-9-13;1-19-13(17)12-7-11(15)8-16(12)14(18)20-9-10-5-3-2-4-6-10;1-19-13(17)12-7-11(16)8-15(12)14(18)20-9-10-5-3-2-4-6-10;1-5-14-7(12)6(11)10-8(13)15-9(2,3)4/h7-11,16-17H,6,12-14H2,1-5H3;5-9,14-15H,10-12H2,1-4H3,(H,20,23);2-6,11-12H,7-9,15H2,1H3;2-6,11-12,16H,7-9H2,1H3;5H2,1-4H3,(H,10,11,13)/t16-,17+;14-,15+;11-,12+;11-,12-;/m1110./s1. The Hall–Kier alpha value is -12.2. The summed E-state index contributed by atoms with van der Waals surface area (Å²) in [5.74, 6) is -7.08. The van der Waals surface area contributed by atoms with Crippen LogP contribution in [0, 0.1) is 0 Å². The lowest BCUT2D eigenvalue weighted by molar-refractivity contribution is -0.160. The Balaban J connectivity index is 0.000000314. The summed E-state index contributed by atoms with van der Waals surface area (Å²) in [6.07, 6.45) is -5.42. The van der Waals surface area contributed by atoms with Gasteiger partial charge in [0.05, 0.1) is 66.4 Å². The van der Waals surface area contributed by atoms with E-state index in [0.29, 0.717) is 17.9 Å². The Kier molecular flexibility index (Phi) is 38.9. The van der Waals surface area contributed by atoms with E-state index in [1.165, 1.54) is 43.0 Å². The molecular formula is C79H106N8O29. The summed E-state index contributed by atoms with van der Waals surface area (Å²) in [6.45, 7) is 18.6. The number of benzene rings is 4. The zero-order valence-electron chi connectivity index (χ0n) is 67.8. The number of hydrogen-bond acceptors (Lipinski definition) is 30. The molecule has 8 atom stereocenters. The molecule has 0 aliphatic carbocycles. The van der Waals surface area contributed by atoms with E-state index in [1.54, 1.807) is 98.8 Å². The van der Waals surface area contributed by atoms with Gasteiger partial charge in [0.15, 0.2) is 0 Å². The second-order valence-corrected chi connectivity index (χ2v) is 28.8. The quantitative estimate of drug-likeness (QED) is 0.0491. The molecule has 4 aliphatic rings. The van der Waals surface area contributed by atoms with Crippen LogP contribution in [0.3, 0.4) is 0 Å². The molecule has 116 heavy (non-hydrogen) atoms. The van der Waals surface area contributed by atoms with Gasteiger partial charge in [-0.05, 0) is 105 Å². The summed E-state index contributed by atoms with van der Waals surface area (Å²) >= 11 is 0. The number of β-amino-alcohol motifs (C(OH)–C–C–N with tert-alkyl or cyclic N) is 1. The van der Waals surface area contributed by atoms with Crippen LogP contribution in [-0.2, 0) is 126 Å². The number of hydrogen-bond donors (Lipinski definition) is 4. The van der Waals surface area contributed by atoms with Gasteiger partial charge in [0.2, 0.25) is 0 Å². The zero-order valence-corrected chi connectivity index (χ0v) is 67.8. The predicted octanol–water partition coefficient (Wildman–Crippen LogP) is 7.16. The van der Waals surface area contributed by atoms with Crippen molar-refractivity contribution in [2.45, 2.75) is 193 Å². The number of aliphatic hydroxyl groups is 1. The van der Waals surface area contributed by atoms with Gasteiger partial charge in [0.25, 0.3) is 0 Å². The fourth-order valence-corrected chi connectivity index (χ4v) is 11.2. The van der Waals surface area contributed by atoms with E-state index in [0.717, 1.165) is 34.3 Å². The number of nitrogens with zero attached hydrogens (tertiary/aromatic N) is 5. The van der Waals surface area contributed by atoms with Crippen LogP contribution < -0.4 is 16.4 Å². The Morgan fingerprint density at radius 1 is 0.414 bits per heavy atom. The van der Waals surface area contributed by atoms with Crippen LogP contribution >= 0.6 is 0 Å². The molecule has 4 saturated heterocycles. The summed E-state index contributed by atoms with van der Waals surface area (Å²) in [5, 5.41) is 14.0. The molecule has 37 heteroatoms. The average molecular weight is 1630 g/mol. The maximum Gasteiger partial charge on any atom is 0.417 e. The minimum atomic E-state index is -1.26. The molecular weight excluding hydrogens is 1520 g/mol. The van der Waals surface area contributed by atoms with E-state index in [9.17, 15) is 77.0 Å². The minimum absolute atomic E-state index is 0.0493. The van der Waals surface area contributed by atoms with Crippen LogP contribution in [-0.4, -0.2) is 253 Å². The minimum Gasteiger partial charge on any atom is -0.467 e. The molecule has 0 radical (unpaired) electrons. The number of imide groups is 2. The van der Waals surface area contributed by atoms with Gasteiger partial charge in [-0.1, -0.05) is 121 Å². The van der Waals surface area contributed by atoms with Gasteiger partial charge in [-0.25, -0.2) is 67.2 Å². The molecule has 0 unspecified atom stereocenters. The van der Waals surface area contributed by atoms with Crippen molar-refractivity contribution in [1.29, 1.82) is 0 Å². The number of rotatable bonds is 16. The molecule has 0 aromatic heterocycles. The Bertz CT molecular complexity index is 3840. The third-order valence-electron chi connectivity index (χ3n) is 16.3. The molecule has 4 aromatic rings. The highest BCUT2D eigenvalue weighted by Crippen LogP contribution is 2.29. The maximum absolute atomic E-state index is 12.9. The largest absolute Gasteiger partial charge is 0.467 e. The number of methoxy groups -OCH3 is 4. The first kappa shape index (κ1) is 96.2. The van der Waals surface area contributed by atoms with E-state index in [4.69, 9.17) is 53.1 Å². The molecule has 8 rings (SSSR count). The molecule has 4 heterocycles. The monoisotopic (exact) mass is 1630 g/mol. The number of carbonyl (C=O) groups is 15. The van der Waals surface area contributed by atoms with Crippen LogP contribution in [0.2, 0.25) is 0 Å². The molecule has 4 fully saturated rings. The van der Waals surface area contributed by atoms with E-state index >= 15 is 0 Å². The van der Waals surface area contributed by atoms with Gasteiger partial charge in [-0.3, -0.25) is 34.5 Å². The number of likely N-dealkylation sites (tertiary alicyclic amines) is 4. The van der Waals surface area contributed by atoms with E-state index < -0.39 is 149 Å². The van der Waals surface area contributed by atoms with E-state index in [-0.39, 0.29) is 84.6 Å². The van der Waals surface area contributed by atoms with E-state index in [2.05, 4.69) is 19.5 Å². The van der Waals surface area contributed by atoms with Crippen LogP contribution in [0.25, 0.3) is 0 Å². The van der Waals surface area contributed by atoms with Crippen LogP contribution in [0.15, 0.2) is 121 Å². The van der Waals surface area contributed by atoms with Gasteiger partial charge in [0.1, 0.15) is 67.4 Å². The lowest BCUT2D eigenvalue weighted by Gasteiger charge is -2.29. The lowest BCUT2D eigenvalue weighted by Crippen LogP contribution is -2.51. The van der Waals surface area contributed by atoms with Gasteiger partial charge in [-0.15, -0.1) is 0 Å². The smallest absolute Gasteiger partial charge is 0.417 e. The summed E-state index contributed by atoms with van der Waals surface area (Å²) in [7, 11) is 4.95. The maximum atomic E-state index is 12.9. The Labute approximate surface area is 672 Å². The van der Waals surface area contributed by atoms with Crippen LogP contribution in [0.1, 0.15) is 124 Å². The molecule has 4 aliphatic heterocycles. The van der Waals surface area contributed by atoms with E-state index in [1.807, 2.05) is 97.1 Å². The molecule has 0 spiro atoms. The highest BCUT2D eigenvalue weighted by Gasteiger charge is 2.50. The number of aliphatic hydroxyl groups excluding tert-OH is 1. The highest BCUT2D eigenvalue weighted by molar-refractivity contribution is 6.35. The Morgan fingerprint density at radius 2 is 0.741 bits per heavy atom. The van der Waals surface area contributed by atoms with Crippen molar-refractivity contribution >= 4 is 90.3 Å². The molecule has 636 valence electrons. The third kappa shape index (κ3) is 33.1. The number of carbonyl (C=O) groups excluding carboxylic acids is 15. The molecule has 37 nitrogen and oxygen atoms in total. The van der Waals surface area contributed by atoms with Gasteiger partial charge in [-0.2, -0.15) is 0 Å². The molecule has 0 saturated carbocycles. The molecule has 0 bridgehead atoms. The number of esters is 6. The third-order valence-corrected chi connectivity index (χ3v) is 16.3. The Morgan fingerprint density at radius 3 is 1.11 bits per heavy atom. The number of nitrogens with one attached hydrogen (secondary N) is 2. The first-order valence-corrected chi connectivity index (χ1v) is 36.7. The van der Waals surface area contributed by atoms with Crippen molar-refractivity contribution < 1.29 is 139 Å². The number of ether oxygens (including phenoxy) is 13. The molecule has 4 aromatic carbocycles. The second-order valence-electron chi connectivity index (χ2n) is 28.8. The SMILES string of the molecule is CCOC(=O)C(=O)N(C(=O)OC(C)(C)C)[C@@H]1C[C@@H](C(=O)OC)N(C(=O)OCc2ccccc2)C1.CCOC(=O)C(=O)NC(=O)OC(C)(C)C.COC(=O)[C@@H]1C[C@@H](N)CN1C(=O)OCc1ccccc1.COC(=O)[C@@H]1C[C@@H](NC(=O)OC(C)(C)C)CN1C(=O)OCc1ccccc1.COC(=O)[C@@H]1C[C@H](O)CN1C(=O)OCc1ccccc1. The number of amides is 9. The van der Waals surface area contributed by atoms with Crippen molar-refractivity contribution in [1.82, 2.24) is 35.1 Å². The molecule has 5 N–H and O–H groups in total. The van der Waals surface area contributed by atoms with Crippen molar-refractivity contribution in [2.24, 2.45) is 5.73 Å². The van der Waals surface area contributed by atoms with Gasteiger partial charge in [0, 0.05) is 44.9 Å². The van der Waals surface area contributed by atoms with Crippen molar-refractivity contribution in [3.05, 3.63) is 144 Å². The van der Waals surface area contributed by atoms with Crippen molar-refractivity contribution in [3.8, 4) is 0 Å². The number of nitrogens with two attached hydrogens (primary N) is 1. The highest BCUT2D eigenvalue weighted by atomic mass is 16.6. The summed E-state index contributed by atoms with van der Waals surface area (Å²) in [6, 6.07) is 31.6. The summed E-state index contributed by atoms with van der Waals surface area (Å²) in [4.78, 5) is 185. The predicted molar refractivity (Wildman–Crippen MR) is 407 cm³/mol. The zero-order chi connectivity index (χ0) is 86.6. The van der Waals surface area contributed by atoms with Crippen LogP contribution in [0.5, 0.6) is 0 Å². The van der Waals surface area contributed by atoms with Gasteiger partial charge >= 0.3 is 90.3 Å². The fraction of sp³-hybridized carbons (Fsp3) is 0.506. The average Bonchev–Trinajstić information content (AvgIpc) is 1.65. The first-order chi connectivity index (χ1) is 54.7. The summed E-state index contributed by atoms with van der Waals surface area (Å²) in [5.41, 5.74) is 6.77. The topological polar surface area (TPSA) is 463 Å². The second kappa shape index (κ2) is 46.9. The number of alkyl carbamates (subject to hydrolysis) is 2. The van der Waals surface area contributed by atoms with Crippen molar-refractivity contribution in [3.63, 3.8) is 0 Å². The summed E-state index contributed by atoms with van der Waals surface area (Å²) < 4.78 is 64.3.